The van der Waals surface area contributed by atoms with E-state index in [1.807, 2.05) is 67.7 Å². The van der Waals surface area contributed by atoms with Crippen molar-refractivity contribution in [1.82, 2.24) is 15.4 Å². The molecule has 0 aliphatic heterocycles. The van der Waals surface area contributed by atoms with Crippen LogP contribution in [0.2, 0.25) is 0 Å². The van der Waals surface area contributed by atoms with Gasteiger partial charge in [0.1, 0.15) is 0 Å². The molecule has 7 nitrogen and oxygen atoms in total. The van der Waals surface area contributed by atoms with E-state index in [2.05, 4.69) is 15.4 Å². The highest BCUT2D eigenvalue weighted by Gasteiger charge is 2.16. The molecule has 2 amide bonds. The first-order chi connectivity index (χ1) is 14.0. The number of nitrogens with one attached hydrogen (secondary N) is 1. The van der Waals surface area contributed by atoms with Gasteiger partial charge in [0.15, 0.2) is 11.5 Å². The van der Waals surface area contributed by atoms with E-state index in [9.17, 15) is 9.59 Å². The normalized spacial score (nSPS) is 10.4. The van der Waals surface area contributed by atoms with Gasteiger partial charge in [-0.05, 0) is 12.1 Å². The second kappa shape index (κ2) is 9.54. The number of aromatic nitrogens is 1. The maximum absolute atomic E-state index is 12.3. The first-order valence-corrected chi connectivity index (χ1v) is 9.35. The number of hydrogen-bond donors (Lipinski definition) is 1. The Morgan fingerprint density at radius 1 is 0.966 bits per heavy atom. The predicted molar refractivity (Wildman–Crippen MR) is 112 cm³/mol. The van der Waals surface area contributed by atoms with Crippen LogP contribution in [0.5, 0.6) is 0 Å². The van der Waals surface area contributed by atoms with E-state index in [4.69, 9.17) is 4.52 Å². The van der Waals surface area contributed by atoms with Crippen molar-refractivity contribution < 1.29 is 14.1 Å². The summed E-state index contributed by atoms with van der Waals surface area (Å²) in [5.41, 5.74) is 2.06. The molecule has 1 heterocycles. The number of anilines is 1. The smallest absolute Gasteiger partial charge is 0.273 e. The van der Waals surface area contributed by atoms with Gasteiger partial charge in [0, 0.05) is 44.5 Å². The Bertz CT molecular complexity index is 941. The number of carbonyl (C=O) groups excluding carboxylic acids is 2. The third-order valence-corrected chi connectivity index (χ3v) is 4.59. The van der Waals surface area contributed by atoms with Gasteiger partial charge >= 0.3 is 0 Å². The third-order valence-electron chi connectivity index (χ3n) is 4.59. The summed E-state index contributed by atoms with van der Waals surface area (Å²) in [6.45, 7) is 1.13. The Morgan fingerprint density at radius 2 is 1.62 bits per heavy atom. The van der Waals surface area contributed by atoms with Gasteiger partial charge < -0.3 is 19.6 Å². The zero-order valence-electron chi connectivity index (χ0n) is 16.5. The first-order valence-electron chi connectivity index (χ1n) is 9.35. The second-order valence-electron chi connectivity index (χ2n) is 6.70. The average Bonchev–Trinajstić information content (AvgIpc) is 3.27. The Balaban J connectivity index is 1.46. The van der Waals surface area contributed by atoms with Gasteiger partial charge in [-0.25, -0.2) is 0 Å². The summed E-state index contributed by atoms with van der Waals surface area (Å²) in [5.74, 6) is -0.117. The van der Waals surface area contributed by atoms with Crippen molar-refractivity contribution in [3.05, 3.63) is 72.4 Å². The summed E-state index contributed by atoms with van der Waals surface area (Å²) in [6, 6.07) is 20.9. The highest BCUT2D eigenvalue weighted by molar-refractivity contribution is 5.95. The zero-order chi connectivity index (χ0) is 20.6. The van der Waals surface area contributed by atoms with Gasteiger partial charge in [0.2, 0.25) is 5.91 Å². The van der Waals surface area contributed by atoms with Crippen molar-refractivity contribution >= 4 is 17.5 Å². The molecule has 2 aromatic carbocycles. The summed E-state index contributed by atoms with van der Waals surface area (Å²) in [6.07, 6.45) is 0. The Morgan fingerprint density at radius 3 is 2.31 bits per heavy atom. The molecule has 3 aromatic rings. The standard InChI is InChI=1S/C22H24N4O3/c1-25(18-11-7-4-8-12-18)13-14-26(2)21(27)16-23-22(28)19-15-20(29-24-19)17-9-5-3-6-10-17/h3-12,15H,13-14,16H2,1-2H3,(H,23,28). The molecule has 0 saturated heterocycles. The van der Waals surface area contributed by atoms with E-state index < -0.39 is 5.91 Å². The number of para-hydroxylation sites is 1. The van der Waals surface area contributed by atoms with Crippen LogP contribution in [0.1, 0.15) is 10.5 Å². The largest absolute Gasteiger partial charge is 0.373 e. The summed E-state index contributed by atoms with van der Waals surface area (Å²) in [4.78, 5) is 28.2. The lowest BCUT2D eigenvalue weighted by molar-refractivity contribution is -0.128. The monoisotopic (exact) mass is 392 g/mol. The predicted octanol–water partition coefficient (Wildman–Crippen LogP) is 2.67. The molecular formula is C22H24N4O3. The quantitative estimate of drug-likeness (QED) is 0.638. The Kier molecular flexibility index (Phi) is 6.63. The van der Waals surface area contributed by atoms with Crippen LogP contribution in [-0.4, -0.2) is 55.6 Å². The van der Waals surface area contributed by atoms with Crippen LogP contribution in [0.15, 0.2) is 71.3 Å². The SMILES string of the molecule is CN(CCN(C)c1ccccc1)C(=O)CNC(=O)c1cc(-c2ccccc2)on1. The molecular weight excluding hydrogens is 368 g/mol. The molecule has 0 atom stereocenters. The van der Waals surface area contributed by atoms with Crippen molar-refractivity contribution in [2.75, 3.05) is 38.6 Å². The average molecular weight is 392 g/mol. The first kappa shape index (κ1) is 20.1. The molecule has 1 N–H and O–H groups in total. The van der Waals surface area contributed by atoms with Crippen molar-refractivity contribution in [1.29, 1.82) is 0 Å². The van der Waals surface area contributed by atoms with Crippen molar-refractivity contribution in [3.63, 3.8) is 0 Å². The van der Waals surface area contributed by atoms with Gasteiger partial charge in [0.25, 0.3) is 5.91 Å². The van der Waals surface area contributed by atoms with Crippen LogP contribution >= 0.6 is 0 Å². The maximum Gasteiger partial charge on any atom is 0.273 e. The molecule has 0 saturated carbocycles. The van der Waals surface area contributed by atoms with Crippen LogP contribution in [0.25, 0.3) is 11.3 Å². The molecule has 0 radical (unpaired) electrons. The van der Waals surface area contributed by atoms with Crippen LogP contribution in [0.3, 0.4) is 0 Å². The zero-order valence-corrected chi connectivity index (χ0v) is 16.5. The molecule has 0 fully saturated rings. The summed E-state index contributed by atoms with van der Waals surface area (Å²) in [5, 5.41) is 6.39. The number of likely N-dealkylation sites (N-methyl/N-ethyl adjacent to an activating group) is 2. The highest BCUT2D eigenvalue weighted by Crippen LogP contribution is 2.19. The summed E-state index contributed by atoms with van der Waals surface area (Å²) in [7, 11) is 3.70. The number of hydrogen-bond acceptors (Lipinski definition) is 5. The van der Waals surface area contributed by atoms with E-state index in [-0.39, 0.29) is 18.1 Å². The van der Waals surface area contributed by atoms with Crippen molar-refractivity contribution in [3.8, 4) is 11.3 Å². The second-order valence-corrected chi connectivity index (χ2v) is 6.70. The van der Waals surface area contributed by atoms with Crippen molar-refractivity contribution in [2.24, 2.45) is 0 Å². The molecule has 1 aromatic heterocycles. The molecule has 29 heavy (non-hydrogen) atoms. The molecule has 0 aliphatic rings. The lowest BCUT2D eigenvalue weighted by Crippen LogP contribution is -2.41. The maximum atomic E-state index is 12.3. The van der Waals surface area contributed by atoms with Crippen LogP contribution in [-0.2, 0) is 4.79 Å². The number of amides is 2. The van der Waals surface area contributed by atoms with E-state index in [1.165, 1.54) is 0 Å². The summed E-state index contributed by atoms with van der Waals surface area (Å²) >= 11 is 0. The Labute approximate surface area is 169 Å². The van der Waals surface area contributed by atoms with Crippen molar-refractivity contribution in [2.45, 2.75) is 0 Å². The topological polar surface area (TPSA) is 78.7 Å². The van der Waals surface area contributed by atoms with E-state index >= 15 is 0 Å². The minimum atomic E-state index is -0.445. The minimum absolute atomic E-state index is 0.0993. The lowest BCUT2D eigenvalue weighted by Gasteiger charge is -2.23. The fraction of sp³-hybridized carbons (Fsp3) is 0.227. The molecule has 0 unspecified atom stereocenters. The summed E-state index contributed by atoms with van der Waals surface area (Å²) < 4.78 is 5.22. The van der Waals surface area contributed by atoms with Gasteiger partial charge in [-0.3, -0.25) is 9.59 Å². The van der Waals surface area contributed by atoms with E-state index in [1.54, 1.807) is 18.0 Å². The number of nitrogens with zero attached hydrogens (tertiary/aromatic N) is 3. The molecule has 7 heteroatoms. The van der Waals surface area contributed by atoms with E-state index in [0.717, 1.165) is 11.3 Å². The number of benzene rings is 2. The molecule has 0 bridgehead atoms. The highest BCUT2D eigenvalue weighted by atomic mass is 16.5. The number of rotatable bonds is 8. The van der Waals surface area contributed by atoms with Gasteiger partial charge in [-0.1, -0.05) is 53.7 Å². The molecule has 0 spiro atoms. The van der Waals surface area contributed by atoms with Crippen LogP contribution in [0, 0.1) is 0 Å². The fourth-order valence-corrected chi connectivity index (χ4v) is 2.74. The minimum Gasteiger partial charge on any atom is -0.373 e. The van der Waals surface area contributed by atoms with Gasteiger partial charge in [0.05, 0.1) is 6.54 Å². The van der Waals surface area contributed by atoms with E-state index in [0.29, 0.717) is 18.8 Å². The van der Waals surface area contributed by atoms with Gasteiger partial charge in [-0.2, -0.15) is 0 Å². The molecule has 3 rings (SSSR count). The third kappa shape index (κ3) is 5.44. The number of carbonyl (C=O) groups is 2. The van der Waals surface area contributed by atoms with Gasteiger partial charge in [-0.15, -0.1) is 0 Å². The molecule has 0 aliphatic carbocycles. The van der Waals surface area contributed by atoms with Crippen LogP contribution in [0.4, 0.5) is 5.69 Å². The Hall–Kier alpha value is -3.61. The molecule has 150 valence electrons. The lowest BCUT2D eigenvalue weighted by atomic mass is 10.1. The fourth-order valence-electron chi connectivity index (χ4n) is 2.74. The van der Waals surface area contributed by atoms with Crippen LogP contribution < -0.4 is 10.2 Å².